The summed E-state index contributed by atoms with van der Waals surface area (Å²) in [4.78, 5) is 29.0. The highest BCUT2D eigenvalue weighted by molar-refractivity contribution is 7.44. The summed E-state index contributed by atoms with van der Waals surface area (Å²) in [6.45, 7) is 4.82. The SMILES string of the molecule is CC.C[C@@H](c1nc(-c2ccc(C#N)cc2)cs1)[C@@](Cn1cncn1)(OCOP(=O)([O-])O)c1ccccc1F. The van der Waals surface area contributed by atoms with E-state index in [1.807, 2.05) is 19.2 Å². The lowest BCUT2D eigenvalue weighted by atomic mass is 9.81. The molecule has 2 aromatic carbocycles. The number of halogens is 1. The molecule has 38 heavy (non-hydrogen) atoms. The van der Waals surface area contributed by atoms with Gasteiger partial charge in [-0.1, -0.05) is 51.1 Å². The topological polar surface area (TPSA) is 146 Å². The summed E-state index contributed by atoms with van der Waals surface area (Å²) in [7, 11) is -5.11. The van der Waals surface area contributed by atoms with Gasteiger partial charge in [-0.3, -0.25) is 9.09 Å². The van der Waals surface area contributed by atoms with Gasteiger partial charge in [0.2, 0.25) is 0 Å². The average Bonchev–Trinajstić information content (AvgIpc) is 3.61. The molecule has 2 heterocycles. The number of ether oxygens (including phenoxy) is 1. The van der Waals surface area contributed by atoms with Gasteiger partial charge in [-0.05, 0) is 18.2 Å². The third-order valence-electron chi connectivity index (χ3n) is 5.63. The molecule has 0 aliphatic heterocycles. The van der Waals surface area contributed by atoms with Gasteiger partial charge < -0.3 is 14.5 Å². The van der Waals surface area contributed by atoms with Crippen molar-refractivity contribution >= 4 is 19.2 Å². The molecule has 0 bridgehead atoms. The van der Waals surface area contributed by atoms with E-state index in [0.29, 0.717) is 16.3 Å². The summed E-state index contributed by atoms with van der Waals surface area (Å²) >= 11 is 1.31. The van der Waals surface area contributed by atoms with E-state index >= 15 is 4.39 Å². The zero-order chi connectivity index (χ0) is 27.8. The summed E-state index contributed by atoms with van der Waals surface area (Å²) in [5.41, 5.74) is 0.499. The number of rotatable bonds is 10. The van der Waals surface area contributed by atoms with Crippen LogP contribution in [0.2, 0.25) is 0 Å². The summed E-state index contributed by atoms with van der Waals surface area (Å²) in [6, 6.07) is 14.9. The van der Waals surface area contributed by atoms with Crippen LogP contribution in [0.15, 0.2) is 66.6 Å². The molecular weight excluding hydrogens is 532 g/mol. The lowest BCUT2D eigenvalue weighted by Gasteiger charge is -2.39. The fourth-order valence-electron chi connectivity index (χ4n) is 3.80. The molecule has 1 unspecified atom stereocenters. The first-order valence-corrected chi connectivity index (χ1v) is 13.9. The first-order chi connectivity index (χ1) is 18.2. The molecule has 0 saturated carbocycles. The lowest BCUT2D eigenvalue weighted by Crippen LogP contribution is -2.41. The van der Waals surface area contributed by atoms with Crippen LogP contribution in [0.4, 0.5) is 4.39 Å². The average molecular weight is 559 g/mol. The van der Waals surface area contributed by atoms with Gasteiger partial charge in [0.05, 0.1) is 28.9 Å². The molecule has 0 aliphatic rings. The van der Waals surface area contributed by atoms with Crippen LogP contribution in [0, 0.1) is 17.1 Å². The van der Waals surface area contributed by atoms with Crippen molar-refractivity contribution in [2.24, 2.45) is 0 Å². The monoisotopic (exact) mass is 558 g/mol. The minimum atomic E-state index is -5.11. The number of aromatic nitrogens is 4. The molecule has 4 aromatic rings. The standard InChI is InChI=1S/C23H21FN5O5PS.C2H6/c1-16(22-28-21(11-36-22)18-8-6-17(10-25)7-9-18)23(12-29-14-26-13-27-29,33-15-34-35(30,31)32)19-4-2-3-5-20(19)24;1-2/h2-9,11,13-14,16H,12,15H2,1H3,(H2,30,31,32);1-2H3/p-1/t16-,23+;/m0./s1. The number of hydrogen-bond acceptors (Lipinski definition) is 9. The van der Waals surface area contributed by atoms with E-state index < -0.39 is 32.0 Å². The number of hydrogen-bond donors (Lipinski definition) is 1. The Labute approximate surface area is 223 Å². The van der Waals surface area contributed by atoms with Crippen LogP contribution < -0.4 is 4.89 Å². The van der Waals surface area contributed by atoms with Crippen molar-refractivity contribution in [3.8, 4) is 17.3 Å². The highest BCUT2D eigenvalue weighted by Gasteiger charge is 2.44. The predicted molar refractivity (Wildman–Crippen MR) is 137 cm³/mol. The molecule has 200 valence electrons. The summed E-state index contributed by atoms with van der Waals surface area (Å²) in [5, 5.41) is 15.5. The molecule has 0 amide bonds. The molecule has 4 rings (SSSR count). The fourth-order valence-corrected chi connectivity index (χ4v) is 4.95. The van der Waals surface area contributed by atoms with Crippen molar-refractivity contribution in [3.05, 3.63) is 88.5 Å². The van der Waals surface area contributed by atoms with Gasteiger partial charge in [0.25, 0.3) is 7.82 Å². The van der Waals surface area contributed by atoms with Gasteiger partial charge in [0.15, 0.2) is 6.79 Å². The Hall–Kier alpha value is -3.30. The molecule has 2 aromatic heterocycles. The Morgan fingerprint density at radius 1 is 1.26 bits per heavy atom. The molecule has 1 N–H and O–H groups in total. The minimum Gasteiger partial charge on any atom is -0.756 e. The van der Waals surface area contributed by atoms with Crippen LogP contribution in [-0.2, 0) is 26.0 Å². The number of nitriles is 1. The number of thiazole rings is 1. The molecule has 0 fully saturated rings. The van der Waals surface area contributed by atoms with Crippen LogP contribution >= 0.6 is 19.2 Å². The lowest BCUT2D eigenvalue weighted by molar-refractivity contribution is -0.236. The molecule has 0 spiro atoms. The molecule has 13 heteroatoms. The second-order valence-corrected chi connectivity index (χ2v) is 9.89. The Morgan fingerprint density at radius 3 is 2.58 bits per heavy atom. The largest absolute Gasteiger partial charge is 0.756 e. The van der Waals surface area contributed by atoms with Gasteiger partial charge in [-0.2, -0.15) is 10.4 Å². The maximum Gasteiger partial charge on any atom is 0.267 e. The van der Waals surface area contributed by atoms with E-state index in [9.17, 15) is 9.46 Å². The second kappa shape index (κ2) is 13.0. The summed E-state index contributed by atoms with van der Waals surface area (Å²) in [6.07, 6.45) is 2.72. The van der Waals surface area contributed by atoms with Gasteiger partial charge in [-0.25, -0.2) is 19.0 Å². The quantitative estimate of drug-likeness (QED) is 0.218. The maximum absolute atomic E-state index is 15.2. The van der Waals surface area contributed by atoms with Crippen LogP contribution in [0.1, 0.15) is 42.8 Å². The van der Waals surface area contributed by atoms with E-state index in [2.05, 4.69) is 20.7 Å². The molecule has 0 saturated heterocycles. The first kappa shape index (κ1) is 29.3. The van der Waals surface area contributed by atoms with Crippen molar-refractivity contribution in [3.63, 3.8) is 0 Å². The number of benzene rings is 2. The molecule has 10 nitrogen and oxygen atoms in total. The van der Waals surface area contributed by atoms with Crippen LogP contribution in [0.25, 0.3) is 11.3 Å². The zero-order valence-electron chi connectivity index (χ0n) is 20.9. The van der Waals surface area contributed by atoms with Crippen molar-refractivity contribution in [1.82, 2.24) is 19.7 Å². The Balaban J connectivity index is 0.00000195. The zero-order valence-corrected chi connectivity index (χ0v) is 22.6. The summed E-state index contributed by atoms with van der Waals surface area (Å²) in [5.74, 6) is -1.24. The van der Waals surface area contributed by atoms with Crippen LogP contribution in [-0.4, -0.2) is 31.4 Å². The Bertz CT molecular complexity index is 1400. The van der Waals surface area contributed by atoms with Crippen molar-refractivity contribution in [1.29, 1.82) is 5.26 Å². The van der Waals surface area contributed by atoms with Crippen molar-refractivity contribution < 1.29 is 28.0 Å². The van der Waals surface area contributed by atoms with E-state index in [4.69, 9.17) is 19.9 Å². The predicted octanol–water partition coefficient (Wildman–Crippen LogP) is 4.59. The third kappa shape index (κ3) is 6.96. The van der Waals surface area contributed by atoms with Gasteiger partial charge in [-0.15, -0.1) is 11.3 Å². The van der Waals surface area contributed by atoms with E-state index in [-0.39, 0.29) is 12.1 Å². The Morgan fingerprint density at radius 2 is 1.97 bits per heavy atom. The minimum absolute atomic E-state index is 0.0706. The van der Waals surface area contributed by atoms with Crippen molar-refractivity contribution in [2.75, 3.05) is 6.79 Å². The smallest absolute Gasteiger partial charge is 0.267 e. The summed E-state index contributed by atoms with van der Waals surface area (Å²) < 4.78 is 38.3. The number of phosphoric acid groups is 1. The van der Waals surface area contributed by atoms with Crippen molar-refractivity contribution in [2.45, 2.75) is 38.8 Å². The third-order valence-corrected chi connectivity index (χ3v) is 7.09. The molecule has 0 radical (unpaired) electrons. The second-order valence-electron chi connectivity index (χ2n) is 7.80. The number of phosphoric ester groups is 1. The van der Waals surface area contributed by atoms with Gasteiger partial charge in [0, 0.05) is 22.4 Å². The normalized spacial score (nSPS) is 14.9. The maximum atomic E-state index is 15.2. The van der Waals surface area contributed by atoms with Crippen LogP contribution in [0.3, 0.4) is 0 Å². The molecule has 0 aliphatic carbocycles. The van der Waals surface area contributed by atoms with E-state index in [1.165, 1.54) is 46.9 Å². The molecule has 3 atom stereocenters. The van der Waals surface area contributed by atoms with Gasteiger partial charge >= 0.3 is 0 Å². The highest BCUT2D eigenvalue weighted by atomic mass is 32.1. The van der Waals surface area contributed by atoms with Gasteiger partial charge in [0.1, 0.15) is 24.1 Å². The highest BCUT2D eigenvalue weighted by Crippen LogP contribution is 2.45. The number of nitrogens with zero attached hydrogens (tertiary/aromatic N) is 5. The van der Waals surface area contributed by atoms with E-state index in [0.717, 1.165) is 5.56 Å². The molecular formula is C25H26FN5O5PS-. The van der Waals surface area contributed by atoms with E-state index in [1.54, 1.807) is 37.3 Å². The Kier molecular flexibility index (Phi) is 9.99. The van der Waals surface area contributed by atoms with Crippen LogP contribution in [0.5, 0.6) is 0 Å². The fraction of sp³-hybridized carbons (Fsp3) is 0.280. The first-order valence-electron chi connectivity index (χ1n) is 11.6.